The van der Waals surface area contributed by atoms with Crippen molar-refractivity contribution in [3.05, 3.63) is 23.4 Å². The van der Waals surface area contributed by atoms with Gasteiger partial charge in [0.15, 0.2) is 0 Å². The third kappa shape index (κ3) is 1.12. The molecular weight excluding hydrogens is 98.1 g/mol. The van der Waals surface area contributed by atoms with Crippen LogP contribution >= 0.6 is 0 Å². The SMILES string of the molecule is CC1=CCNC(C)=C1. The minimum absolute atomic E-state index is 0.994. The van der Waals surface area contributed by atoms with Crippen molar-refractivity contribution in [2.24, 2.45) is 0 Å². The van der Waals surface area contributed by atoms with Crippen LogP contribution < -0.4 is 5.32 Å². The molecular formula is C7H11N. The van der Waals surface area contributed by atoms with Gasteiger partial charge in [0.2, 0.25) is 0 Å². The largest absolute Gasteiger partial charge is 0.385 e. The molecule has 1 N–H and O–H groups in total. The van der Waals surface area contributed by atoms with Crippen LogP contribution in [0.4, 0.5) is 0 Å². The summed E-state index contributed by atoms with van der Waals surface area (Å²) in [6, 6.07) is 0. The van der Waals surface area contributed by atoms with E-state index in [0.717, 1.165) is 6.54 Å². The Morgan fingerprint density at radius 1 is 1.50 bits per heavy atom. The fourth-order valence-electron chi connectivity index (χ4n) is 0.824. The highest BCUT2D eigenvalue weighted by Gasteiger charge is 1.92. The second-order valence-electron chi connectivity index (χ2n) is 2.16. The minimum atomic E-state index is 0.994. The summed E-state index contributed by atoms with van der Waals surface area (Å²) in [5.41, 5.74) is 2.63. The molecule has 1 heteroatoms. The van der Waals surface area contributed by atoms with Gasteiger partial charge in [-0.25, -0.2) is 0 Å². The van der Waals surface area contributed by atoms with Crippen molar-refractivity contribution in [1.82, 2.24) is 5.32 Å². The Hall–Kier alpha value is -0.720. The lowest BCUT2D eigenvalue weighted by molar-refractivity contribution is 0.880. The number of hydrogen-bond acceptors (Lipinski definition) is 1. The Labute approximate surface area is 50.1 Å². The van der Waals surface area contributed by atoms with Crippen LogP contribution in [0.2, 0.25) is 0 Å². The van der Waals surface area contributed by atoms with Gasteiger partial charge in [-0.05, 0) is 19.9 Å². The molecule has 44 valence electrons. The van der Waals surface area contributed by atoms with Crippen LogP contribution in [-0.2, 0) is 0 Å². The van der Waals surface area contributed by atoms with Crippen LogP contribution in [0.5, 0.6) is 0 Å². The van der Waals surface area contributed by atoms with Crippen LogP contribution in [0.3, 0.4) is 0 Å². The zero-order valence-corrected chi connectivity index (χ0v) is 5.36. The lowest BCUT2D eigenvalue weighted by Gasteiger charge is -2.08. The molecule has 1 aliphatic rings. The summed E-state index contributed by atoms with van der Waals surface area (Å²) < 4.78 is 0. The van der Waals surface area contributed by atoms with Gasteiger partial charge < -0.3 is 5.32 Å². The molecule has 1 rings (SSSR count). The first-order valence-electron chi connectivity index (χ1n) is 2.88. The van der Waals surface area contributed by atoms with E-state index in [2.05, 4.69) is 31.3 Å². The average Bonchev–Trinajstić information content (AvgIpc) is 1.64. The highest BCUT2D eigenvalue weighted by Crippen LogP contribution is 2.02. The molecule has 0 fully saturated rings. The normalized spacial score (nSPS) is 18.8. The van der Waals surface area contributed by atoms with E-state index < -0.39 is 0 Å². The van der Waals surface area contributed by atoms with Gasteiger partial charge in [0.25, 0.3) is 0 Å². The maximum absolute atomic E-state index is 3.20. The second-order valence-corrected chi connectivity index (χ2v) is 2.16. The number of dihydropyridines is 1. The predicted molar refractivity (Wildman–Crippen MR) is 35.5 cm³/mol. The van der Waals surface area contributed by atoms with Crippen molar-refractivity contribution in [3.63, 3.8) is 0 Å². The highest BCUT2D eigenvalue weighted by molar-refractivity contribution is 5.24. The molecule has 1 heterocycles. The smallest absolute Gasteiger partial charge is 0.0333 e. The van der Waals surface area contributed by atoms with E-state index in [-0.39, 0.29) is 0 Å². The molecule has 0 atom stereocenters. The predicted octanol–water partition coefficient (Wildman–Crippen LogP) is 1.44. The van der Waals surface area contributed by atoms with Crippen LogP contribution in [-0.4, -0.2) is 6.54 Å². The molecule has 0 unspecified atom stereocenters. The third-order valence-electron chi connectivity index (χ3n) is 1.25. The van der Waals surface area contributed by atoms with Crippen LogP contribution in [0.15, 0.2) is 23.4 Å². The standard InChI is InChI=1S/C7H11N/c1-6-3-4-8-7(2)5-6/h3,5,8H,4H2,1-2H3. The Kier molecular flexibility index (Phi) is 1.38. The van der Waals surface area contributed by atoms with E-state index in [1.807, 2.05) is 0 Å². The van der Waals surface area contributed by atoms with Gasteiger partial charge in [0.1, 0.15) is 0 Å². The summed E-state index contributed by atoms with van der Waals surface area (Å²) in [7, 11) is 0. The summed E-state index contributed by atoms with van der Waals surface area (Å²) in [5.74, 6) is 0. The summed E-state index contributed by atoms with van der Waals surface area (Å²) in [5, 5.41) is 3.20. The Balaban J connectivity index is 2.69. The van der Waals surface area contributed by atoms with Crippen molar-refractivity contribution in [2.45, 2.75) is 13.8 Å². The summed E-state index contributed by atoms with van der Waals surface area (Å²) in [4.78, 5) is 0. The quantitative estimate of drug-likeness (QED) is 0.496. The Morgan fingerprint density at radius 2 is 2.25 bits per heavy atom. The number of allylic oxidation sites excluding steroid dienone is 3. The van der Waals surface area contributed by atoms with Gasteiger partial charge in [-0.3, -0.25) is 0 Å². The topological polar surface area (TPSA) is 12.0 Å². The van der Waals surface area contributed by atoms with Crippen molar-refractivity contribution >= 4 is 0 Å². The molecule has 1 aliphatic heterocycles. The second kappa shape index (κ2) is 2.03. The molecule has 0 aliphatic carbocycles. The molecule has 1 nitrogen and oxygen atoms in total. The fraction of sp³-hybridized carbons (Fsp3) is 0.429. The minimum Gasteiger partial charge on any atom is -0.385 e. The molecule has 0 bridgehead atoms. The number of nitrogens with one attached hydrogen (secondary N) is 1. The monoisotopic (exact) mass is 109 g/mol. The van der Waals surface area contributed by atoms with E-state index in [0.29, 0.717) is 0 Å². The Morgan fingerprint density at radius 3 is 2.62 bits per heavy atom. The van der Waals surface area contributed by atoms with Crippen LogP contribution in [0.25, 0.3) is 0 Å². The van der Waals surface area contributed by atoms with E-state index in [1.54, 1.807) is 0 Å². The Bertz CT molecular complexity index is 142. The zero-order valence-electron chi connectivity index (χ0n) is 5.36. The summed E-state index contributed by atoms with van der Waals surface area (Å²) in [6.07, 6.45) is 4.32. The van der Waals surface area contributed by atoms with Gasteiger partial charge in [-0.15, -0.1) is 0 Å². The third-order valence-corrected chi connectivity index (χ3v) is 1.25. The molecule has 8 heavy (non-hydrogen) atoms. The maximum Gasteiger partial charge on any atom is 0.0333 e. The number of hydrogen-bond donors (Lipinski definition) is 1. The van der Waals surface area contributed by atoms with Gasteiger partial charge >= 0.3 is 0 Å². The highest BCUT2D eigenvalue weighted by atomic mass is 14.9. The first-order chi connectivity index (χ1) is 3.79. The van der Waals surface area contributed by atoms with Crippen LogP contribution in [0, 0.1) is 0 Å². The first-order valence-corrected chi connectivity index (χ1v) is 2.88. The van der Waals surface area contributed by atoms with Gasteiger partial charge in [0.05, 0.1) is 0 Å². The van der Waals surface area contributed by atoms with Gasteiger partial charge in [-0.2, -0.15) is 0 Å². The molecule has 0 aromatic heterocycles. The fourth-order valence-corrected chi connectivity index (χ4v) is 0.824. The van der Waals surface area contributed by atoms with Crippen molar-refractivity contribution in [2.75, 3.05) is 6.54 Å². The molecule has 0 amide bonds. The van der Waals surface area contributed by atoms with E-state index in [9.17, 15) is 0 Å². The summed E-state index contributed by atoms with van der Waals surface area (Å²) >= 11 is 0. The van der Waals surface area contributed by atoms with E-state index >= 15 is 0 Å². The van der Waals surface area contributed by atoms with E-state index in [4.69, 9.17) is 0 Å². The van der Waals surface area contributed by atoms with Crippen LogP contribution in [0.1, 0.15) is 13.8 Å². The van der Waals surface area contributed by atoms with Gasteiger partial charge in [-0.1, -0.05) is 11.6 Å². The molecule has 0 radical (unpaired) electrons. The van der Waals surface area contributed by atoms with Crippen molar-refractivity contribution < 1.29 is 0 Å². The molecule has 0 aromatic carbocycles. The first kappa shape index (κ1) is 5.42. The summed E-state index contributed by atoms with van der Waals surface area (Å²) in [6.45, 7) is 5.19. The number of rotatable bonds is 0. The van der Waals surface area contributed by atoms with Gasteiger partial charge in [0, 0.05) is 12.2 Å². The van der Waals surface area contributed by atoms with Crippen molar-refractivity contribution in [3.8, 4) is 0 Å². The zero-order chi connectivity index (χ0) is 5.98. The molecule has 0 spiro atoms. The molecule has 0 aromatic rings. The molecule has 0 saturated carbocycles. The lowest BCUT2D eigenvalue weighted by atomic mass is 10.2. The molecule has 0 saturated heterocycles. The maximum atomic E-state index is 3.20. The van der Waals surface area contributed by atoms with E-state index in [1.165, 1.54) is 11.3 Å². The van der Waals surface area contributed by atoms with Crippen molar-refractivity contribution in [1.29, 1.82) is 0 Å². The lowest BCUT2D eigenvalue weighted by Crippen LogP contribution is -2.13. The average molecular weight is 109 g/mol.